The van der Waals surface area contributed by atoms with Crippen molar-refractivity contribution in [1.82, 2.24) is 58.5 Å². The minimum Gasteiger partial charge on any atom is -0.481 e. The van der Waals surface area contributed by atoms with Gasteiger partial charge < -0.3 is 88.8 Å². The summed E-state index contributed by atoms with van der Waals surface area (Å²) in [5.74, 6) is -19.1. The van der Waals surface area contributed by atoms with Gasteiger partial charge in [-0.05, 0) is 81.0 Å². The van der Waals surface area contributed by atoms with E-state index in [1.807, 2.05) is 0 Å². The molecule has 0 bridgehead atoms. The maximum atomic E-state index is 14.8. The smallest absolute Gasteiger partial charge is 0.326 e. The van der Waals surface area contributed by atoms with Crippen LogP contribution < -0.4 is 58.5 Å². The Morgan fingerprint density at radius 3 is 1.33 bits per heavy atom. The van der Waals surface area contributed by atoms with Gasteiger partial charge in [0.15, 0.2) is 0 Å². The Bertz CT molecular complexity index is 2570. The van der Waals surface area contributed by atoms with Gasteiger partial charge in [-0.1, -0.05) is 129 Å². The average molecular weight is 1350 g/mol. The fourth-order valence-electron chi connectivity index (χ4n) is 10.3. The zero-order chi connectivity index (χ0) is 72.6. The van der Waals surface area contributed by atoms with Crippen molar-refractivity contribution < 1.29 is 97.4 Å². The monoisotopic (exact) mass is 1350 g/mol. The van der Waals surface area contributed by atoms with Crippen LogP contribution in [-0.2, 0) is 71.9 Å². The van der Waals surface area contributed by atoms with E-state index in [9.17, 15) is 92.7 Å². The molecule has 0 aromatic heterocycles. The molecule has 0 aromatic rings. The highest BCUT2D eigenvalue weighted by atomic mass is 16.5. The lowest BCUT2D eigenvalue weighted by Crippen LogP contribution is -2.62. The van der Waals surface area contributed by atoms with Gasteiger partial charge in [0.2, 0.25) is 65.0 Å². The first-order chi connectivity index (χ1) is 44.4. The molecule has 1 aliphatic rings. The molecule has 14 atom stereocenters. The molecule has 31 nitrogen and oxygen atoms in total. The summed E-state index contributed by atoms with van der Waals surface area (Å²) in [6.45, 7) is 21.2. The number of carbonyl (C=O) groups is 14. The van der Waals surface area contributed by atoms with Crippen molar-refractivity contribution in [3.05, 3.63) is 0 Å². The van der Waals surface area contributed by atoms with Crippen LogP contribution in [0.3, 0.4) is 0 Å². The molecule has 0 aromatic carbocycles. The van der Waals surface area contributed by atoms with Crippen molar-refractivity contribution >= 4 is 82.9 Å². The molecule has 31 heteroatoms. The summed E-state index contributed by atoms with van der Waals surface area (Å²) in [5, 5.41) is 78.7. The van der Waals surface area contributed by atoms with E-state index in [0.717, 1.165) is 32.6 Å². The Balaban J connectivity index is 4.21. The first kappa shape index (κ1) is 85.5. The number of unbranched alkanes of at least 4 members (excludes halogenated alkanes) is 4. The number of rotatable bonds is 30. The Kier molecular flexibility index (Phi) is 39.2. The fourth-order valence-corrected chi connectivity index (χ4v) is 10.3. The van der Waals surface area contributed by atoms with Crippen LogP contribution in [0.1, 0.15) is 193 Å². The number of nitrogens with one attached hydrogen (secondary N) is 11. The van der Waals surface area contributed by atoms with Crippen LogP contribution in [0.4, 0.5) is 0 Å². The maximum absolute atomic E-state index is 14.8. The van der Waals surface area contributed by atoms with Crippen LogP contribution in [0.25, 0.3) is 0 Å². The topological polar surface area (TPSA) is 482 Å². The summed E-state index contributed by atoms with van der Waals surface area (Å²) < 4.78 is 5.59. The number of carbonyl (C=O) groups excluding carboxylic acids is 12. The van der Waals surface area contributed by atoms with E-state index in [2.05, 4.69) is 65.4 Å². The van der Waals surface area contributed by atoms with E-state index in [1.165, 1.54) is 6.92 Å². The summed E-state index contributed by atoms with van der Waals surface area (Å²) in [4.78, 5) is 195. The summed E-state index contributed by atoms with van der Waals surface area (Å²) in [5.41, 5.74) is 0. The minimum atomic E-state index is -2.15. The highest BCUT2D eigenvalue weighted by Crippen LogP contribution is 2.17. The number of aliphatic hydroxyl groups excluding tert-OH is 3. The molecular formula is C64H111N11O20. The number of aliphatic carboxylic acids is 2. The van der Waals surface area contributed by atoms with Gasteiger partial charge in [-0.2, -0.15) is 0 Å². The van der Waals surface area contributed by atoms with Crippen LogP contribution in [-0.4, -0.2) is 200 Å². The predicted molar refractivity (Wildman–Crippen MR) is 346 cm³/mol. The minimum absolute atomic E-state index is 0.0328. The van der Waals surface area contributed by atoms with Crippen LogP contribution in [0.5, 0.6) is 0 Å². The van der Waals surface area contributed by atoms with E-state index in [1.54, 1.807) is 76.2 Å². The number of cyclic esters (lactones) is 1. The van der Waals surface area contributed by atoms with Crippen molar-refractivity contribution in [1.29, 1.82) is 0 Å². The first-order valence-electron chi connectivity index (χ1n) is 33.2. The molecule has 0 aliphatic carbocycles. The van der Waals surface area contributed by atoms with Crippen LogP contribution in [0.15, 0.2) is 0 Å². The quantitative estimate of drug-likeness (QED) is 0.0321. The molecule has 0 spiro atoms. The molecule has 11 amide bonds. The third kappa shape index (κ3) is 32.6. The van der Waals surface area contributed by atoms with Crippen molar-refractivity contribution in [2.24, 2.45) is 35.5 Å². The van der Waals surface area contributed by atoms with Crippen molar-refractivity contribution in [3.8, 4) is 0 Å². The third-order valence-corrected chi connectivity index (χ3v) is 15.6. The van der Waals surface area contributed by atoms with Gasteiger partial charge >= 0.3 is 17.9 Å². The standard InChI is InChI=1S/C64H111N11O20/c1-15-17-18-19-20-21-39(78)27-49(79)65-40(22-32(3)4)54(83)69-45(28-50(80)81)59(88)75-53-38(14)95-51(82)29-46(64(93)94)71-62(91)52(37(13)16-2)74-58(87)44(26-36(11)12)68-61(90)48(31-77)73-57(86)42(24-34(7)8)67-60(89)47(30-76)72-56(85)41(23-33(5)6)66-55(84)43(25-35(9)10)70-63(53)92/h32-48,52-53,76-78H,15-31H2,1-14H3,(H,65,79)(H,66,84)(H,67,89)(H,68,90)(H,69,83)(H,70,92)(H,71,91)(H,72,85)(H,73,86)(H,74,87)(H,75,88)(H,80,81)(H,93,94)/t37?,38-,39?,40-,41-,42-,43-,44-,45+,46-,47-,48-,52+,53+/m1/s1. The molecule has 95 heavy (non-hydrogen) atoms. The van der Waals surface area contributed by atoms with Crippen LogP contribution >= 0.6 is 0 Å². The lowest BCUT2D eigenvalue weighted by Gasteiger charge is -2.30. The lowest BCUT2D eigenvalue weighted by molar-refractivity contribution is -0.156. The van der Waals surface area contributed by atoms with Crippen LogP contribution in [0.2, 0.25) is 0 Å². The second-order valence-corrected chi connectivity index (χ2v) is 26.9. The summed E-state index contributed by atoms with van der Waals surface area (Å²) in [6, 6.07) is -18.9. The van der Waals surface area contributed by atoms with Gasteiger partial charge in [0, 0.05) is 0 Å². The maximum Gasteiger partial charge on any atom is 0.326 e. The molecule has 16 N–H and O–H groups in total. The molecule has 2 unspecified atom stereocenters. The molecule has 1 saturated heterocycles. The molecule has 1 rings (SSSR count). The van der Waals surface area contributed by atoms with E-state index in [4.69, 9.17) is 4.74 Å². The van der Waals surface area contributed by atoms with E-state index >= 15 is 0 Å². The third-order valence-electron chi connectivity index (χ3n) is 15.6. The Hall–Kier alpha value is -7.54. The molecular weight excluding hydrogens is 1240 g/mol. The Labute approximate surface area is 557 Å². The first-order valence-corrected chi connectivity index (χ1v) is 33.2. The second-order valence-electron chi connectivity index (χ2n) is 26.9. The van der Waals surface area contributed by atoms with Gasteiger partial charge in [0.1, 0.15) is 72.6 Å². The number of carboxylic acids is 2. The van der Waals surface area contributed by atoms with E-state index in [-0.39, 0.29) is 68.6 Å². The Morgan fingerprint density at radius 1 is 0.505 bits per heavy atom. The van der Waals surface area contributed by atoms with Gasteiger partial charge in [0.25, 0.3) is 0 Å². The number of aliphatic hydroxyl groups is 3. The number of hydrogen-bond donors (Lipinski definition) is 16. The zero-order valence-corrected chi connectivity index (χ0v) is 57.9. The van der Waals surface area contributed by atoms with E-state index in [0.29, 0.717) is 12.8 Å². The summed E-state index contributed by atoms with van der Waals surface area (Å²) >= 11 is 0. The largest absolute Gasteiger partial charge is 0.481 e. The van der Waals surface area contributed by atoms with E-state index < -0.39 is 199 Å². The number of carboxylic acid groups (broad SMARTS) is 2. The zero-order valence-electron chi connectivity index (χ0n) is 57.9. The van der Waals surface area contributed by atoms with Crippen molar-refractivity contribution in [3.63, 3.8) is 0 Å². The SMILES string of the molecule is CCCCCCCC(O)CC(=O)N[C@H](CC(C)C)C(=O)N[C@@H](CC(=O)O)C(=O)N[C@@H]1C(=O)N[C@H](CC(C)C)C(=O)N[C@H](CC(C)C)C(=O)N[C@H](CO)C(=O)N[C@H](CC(C)C)C(=O)N[C@H](CO)C(=O)N[C@H](CC(C)C)C(=O)N[C@@H](C(C)CC)C(=O)N[C@@H](C(=O)O)CC(=O)O[C@@H]1C. The van der Waals surface area contributed by atoms with Gasteiger partial charge in [-0.3, -0.25) is 62.3 Å². The summed E-state index contributed by atoms with van der Waals surface area (Å²) in [6.07, 6.45) is -1.22. The van der Waals surface area contributed by atoms with Gasteiger partial charge in [-0.25, -0.2) is 4.79 Å². The van der Waals surface area contributed by atoms with Crippen LogP contribution in [0, 0.1) is 35.5 Å². The molecule has 542 valence electrons. The van der Waals surface area contributed by atoms with Crippen molar-refractivity contribution in [2.75, 3.05) is 13.2 Å². The molecule has 0 radical (unpaired) electrons. The lowest BCUT2D eigenvalue weighted by atomic mass is 9.96. The highest BCUT2D eigenvalue weighted by Gasteiger charge is 2.41. The molecule has 1 heterocycles. The summed E-state index contributed by atoms with van der Waals surface area (Å²) in [7, 11) is 0. The predicted octanol–water partition coefficient (Wildman–Crippen LogP) is -0.413. The van der Waals surface area contributed by atoms with Crippen molar-refractivity contribution in [2.45, 2.75) is 272 Å². The Morgan fingerprint density at radius 2 is 0.926 bits per heavy atom. The van der Waals surface area contributed by atoms with Gasteiger partial charge in [0.05, 0.1) is 38.6 Å². The fraction of sp³-hybridized carbons (Fsp3) is 0.781. The normalized spacial score (nSPS) is 24.3. The second kappa shape index (κ2) is 43.5. The highest BCUT2D eigenvalue weighted by molar-refractivity contribution is 6.00. The van der Waals surface area contributed by atoms with Gasteiger partial charge in [-0.15, -0.1) is 0 Å². The number of esters is 1. The number of hydrogen-bond acceptors (Lipinski definition) is 18. The molecule has 1 aliphatic heterocycles. The number of amides is 11. The number of ether oxygens (including phenoxy) is 1. The molecule has 1 fully saturated rings. The average Bonchev–Trinajstić information content (AvgIpc) is 0.901. The molecule has 0 saturated carbocycles.